The maximum atomic E-state index is 13.5. The summed E-state index contributed by atoms with van der Waals surface area (Å²) in [5.41, 5.74) is 0.207. The molecule has 0 saturated heterocycles. The topological polar surface area (TPSA) is 99.6 Å². The molecule has 0 bridgehead atoms. The highest BCUT2D eigenvalue weighted by molar-refractivity contribution is 9.10. The SMILES string of the molecule is CC(C)(C)c1nc2ccc(Br)cc2c(=O)n1N=Cc1cc(Br)cc([N+](=O)[O-])c1OCc1ccc(Cl)cc1Cl. The predicted molar refractivity (Wildman–Crippen MR) is 157 cm³/mol. The molecule has 0 fully saturated rings. The lowest BCUT2D eigenvalue weighted by atomic mass is 9.95. The Morgan fingerprint density at radius 1 is 1.11 bits per heavy atom. The summed E-state index contributed by atoms with van der Waals surface area (Å²) in [4.78, 5) is 29.5. The molecule has 8 nitrogen and oxygen atoms in total. The number of ether oxygens (including phenoxy) is 1. The molecular formula is C26H20Br2Cl2N4O4. The molecule has 0 amide bonds. The number of halogens is 4. The zero-order valence-corrected chi connectivity index (χ0v) is 25.0. The van der Waals surface area contributed by atoms with Gasteiger partial charge in [0.15, 0.2) is 0 Å². The van der Waals surface area contributed by atoms with Crippen molar-refractivity contribution >= 4 is 77.9 Å². The molecule has 4 aromatic rings. The molecule has 1 heterocycles. The summed E-state index contributed by atoms with van der Waals surface area (Å²) in [5, 5.41) is 17.5. The van der Waals surface area contributed by atoms with E-state index in [-0.39, 0.29) is 29.2 Å². The van der Waals surface area contributed by atoms with Crippen molar-refractivity contribution in [3.63, 3.8) is 0 Å². The molecule has 0 aliphatic carbocycles. The predicted octanol–water partition coefficient (Wildman–Crippen LogP) is 7.90. The van der Waals surface area contributed by atoms with Gasteiger partial charge in [-0.3, -0.25) is 14.9 Å². The van der Waals surface area contributed by atoms with Gasteiger partial charge in [-0.05, 0) is 36.4 Å². The molecule has 3 aromatic carbocycles. The summed E-state index contributed by atoms with van der Waals surface area (Å²) in [6, 6.07) is 13.1. The number of hydrogen-bond donors (Lipinski definition) is 0. The van der Waals surface area contributed by atoms with Crippen LogP contribution in [-0.2, 0) is 12.0 Å². The van der Waals surface area contributed by atoms with Gasteiger partial charge in [-0.15, -0.1) is 0 Å². The maximum Gasteiger partial charge on any atom is 0.312 e. The first kappa shape index (κ1) is 28.2. The average Bonchev–Trinajstić information content (AvgIpc) is 2.83. The lowest BCUT2D eigenvalue weighted by Crippen LogP contribution is -2.29. The Bertz CT molecular complexity index is 1670. The minimum atomic E-state index is -0.553. The van der Waals surface area contributed by atoms with Gasteiger partial charge in [-0.2, -0.15) is 9.78 Å². The zero-order chi connectivity index (χ0) is 27.8. The van der Waals surface area contributed by atoms with Crippen LogP contribution >= 0.6 is 55.1 Å². The van der Waals surface area contributed by atoms with Crippen LogP contribution in [0.4, 0.5) is 5.69 Å². The highest BCUT2D eigenvalue weighted by Crippen LogP contribution is 2.35. The Morgan fingerprint density at radius 3 is 2.50 bits per heavy atom. The molecule has 0 aliphatic heterocycles. The summed E-state index contributed by atoms with van der Waals surface area (Å²) in [6.45, 7) is 5.69. The van der Waals surface area contributed by atoms with Crippen LogP contribution in [0.1, 0.15) is 37.7 Å². The Morgan fingerprint density at radius 2 is 1.84 bits per heavy atom. The average molecular weight is 683 g/mol. The Hall–Kier alpha value is -2.79. The van der Waals surface area contributed by atoms with Crippen molar-refractivity contribution in [1.82, 2.24) is 9.66 Å². The number of aromatic nitrogens is 2. The Kier molecular flexibility index (Phi) is 8.27. The van der Waals surface area contributed by atoms with E-state index in [9.17, 15) is 14.9 Å². The van der Waals surface area contributed by atoms with Crippen LogP contribution in [0.2, 0.25) is 10.0 Å². The number of hydrogen-bond acceptors (Lipinski definition) is 6. The second kappa shape index (κ2) is 11.1. The van der Waals surface area contributed by atoms with Gasteiger partial charge in [0.1, 0.15) is 12.4 Å². The standard InChI is InChI=1S/C26H20Br2Cl2N4O4/c1-26(2,3)25-32-21-7-5-16(27)9-19(21)24(35)33(25)31-12-15-8-17(28)10-22(34(36)37)23(15)38-13-14-4-6-18(29)11-20(14)30/h4-12H,13H2,1-3H3. The van der Waals surface area contributed by atoms with Crippen molar-refractivity contribution in [2.45, 2.75) is 32.8 Å². The third kappa shape index (κ3) is 6.09. The van der Waals surface area contributed by atoms with Crippen molar-refractivity contribution in [1.29, 1.82) is 0 Å². The number of nitro benzene ring substituents is 1. The van der Waals surface area contributed by atoms with Gasteiger partial charge >= 0.3 is 5.69 Å². The molecule has 0 saturated carbocycles. The molecule has 196 valence electrons. The summed E-state index contributed by atoms with van der Waals surface area (Å²) >= 11 is 18.9. The van der Waals surface area contributed by atoms with Gasteiger partial charge in [0, 0.05) is 41.6 Å². The first-order valence-electron chi connectivity index (χ1n) is 11.2. The second-order valence-electron chi connectivity index (χ2n) is 9.33. The van der Waals surface area contributed by atoms with Crippen LogP contribution in [0.25, 0.3) is 10.9 Å². The summed E-state index contributed by atoms with van der Waals surface area (Å²) in [5.74, 6) is 0.392. The monoisotopic (exact) mass is 680 g/mol. The molecule has 0 aliphatic rings. The lowest BCUT2D eigenvalue weighted by Gasteiger charge is -2.21. The summed E-state index contributed by atoms with van der Waals surface area (Å²) in [6.07, 6.45) is 1.35. The third-order valence-corrected chi connectivity index (χ3v) is 6.98. The summed E-state index contributed by atoms with van der Waals surface area (Å²) < 4.78 is 8.27. The maximum absolute atomic E-state index is 13.5. The molecule has 38 heavy (non-hydrogen) atoms. The van der Waals surface area contributed by atoms with Crippen molar-refractivity contribution < 1.29 is 9.66 Å². The highest BCUT2D eigenvalue weighted by Gasteiger charge is 2.24. The van der Waals surface area contributed by atoms with E-state index in [2.05, 4.69) is 37.0 Å². The van der Waals surface area contributed by atoms with Crippen LogP contribution in [0.5, 0.6) is 5.75 Å². The molecule has 0 radical (unpaired) electrons. The number of fused-ring (bicyclic) bond motifs is 1. The molecule has 0 atom stereocenters. The van der Waals surface area contributed by atoms with E-state index in [1.165, 1.54) is 17.0 Å². The van der Waals surface area contributed by atoms with Crippen LogP contribution in [0, 0.1) is 10.1 Å². The second-order valence-corrected chi connectivity index (χ2v) is 12.0. The van der Waals surface area contributed by atoms with Crippen molar-refractivity contribution in [3.8, 4) is 5.75 Å². The minimum absolute atomic E-state index is 0.0326. The van der Waals surface area contributed by atoms with Gasteiger partial charge in [-0.1, -0.05) is 81.9 Å². The van der Waals surface area contributed by atoms with E-state index in [1.807, 2.05) is 26.8 Å². The summed E-state index contributed by atoms with van der Waals surface area (Å²) in [7, 11) is 0. The minimum Gasteiger partial charge on any atom is -0.481 e. The van der Waals surface area contributed by atoms with Crippen molar-refractivity contribution in [3.05, 3.63) is 105 Å². The number of benzene rings is 3. The number of nitrogens with zero attached hydrogens (tertiary/aromatic N) is 4. The zero-order valence-electron chi connectivity index (χ0n) is 20.3. The molecule has 0 unspecified atom stereocenters. The van der Waals surface area contributed by atoms with Crippen LogP contribution < -0.4 is 10.3 Å². The molecule has 4 rings (SSSR count). The van der Waals surface area contributed by atoms with Gasteiger partial charge in [0.05, 0.1) is 22.0 Å². The van der Waals surface area contributed by atoms with Crippen LogP contribution in [0.3, 0.4) is 0 Å². The first-order chi connectivity index (χ1) is 17.8. The van der Waals surface area contributed by atoms with Gasteiger partial charge in [-0.25, -0.2) is 4.98 Å². The fourth-order valence-corrected chi connectivity index (χ4v) is 4.93. The normalized spacial score (nSPS) is 11.9. The number of nitro groups is 1. The quantitative estimate of drug-likeness (QED) is 0.117. The molecular weight excluding hydrogens is 663 g/mol. The van der Waals surface area contributed by atoms with E-state index in [0.29, 0.717) is 36.8 Å². The molecule has 0 N–H and O–H groups in total. The first-order valence-corrected chi connectivity index (χ1v) is 13.5. The largest absolute Gasteiger partial charge is 0.481 e. The fraction of sp³-hybridized carbons (Fsp3) is 0.192. The Balaban J connectivity index is 1.86. The lowest BCUT2D eigenvalue weighted by molar-refractivity contribution is -0.386. The van der Waals surface area contributed by atoms with Gasteiger partial charge in [0.2, 0.25) is 5.75 Å². The van der Waals surface area contributed by atoms with Crippen molar-refractivity contribution in [2.24, 2.45) is 5.10 Å². The fourth-order valence-electron chi connectivity index (χ4n) is 3.64. The van der Waals surface area contributed by atoms with E-state index < -0.39 is 10.3 Å². The van der Waals surface area contributed by atoms with Crippen LogP contribution in [-0.4, -0.2) is 20.8 Å². The van der Waals surface area contributed by atoms with Gasteiger partial charge in [0.25, 0.3) is 5.56 Å². The van der Waals surface area contributed by atoms with Gasteiger partial charge < -0.3 is 4.74 Å². The van der Waals surface area contributed by atoms with E-state index in [4.69, 9.17) is 32.9 Å². The van der Waals surface area contributed by atoms with Crippen molar-refractivity contribution in [2.75, 3.05) is 0 Å². The van der Waals surface area contributed by atoms with E-state index >= 15 is 0 Å². The molecule has 0 spiro atoms. The third-order valence-electron chi connectivity index (χ3n) is 5.44. The highest BCUT2D eigenvalue weighted by atomic mass is 79.9. The Labute approximate surface area is 244 Å². The van der Waals surface area contributed by atoms with Crippen LogP contribution in [0.15, 0.2) is 67.4 Å². The number of rotatable bonds is 6. The molecule has 12 heteroatoms. The molecule has 1 aromatic heterocycles. The van der Waals surface area contributed by atoms with E-state index in [1.54, 1.807) is 36.4 Å². The smallest absolute Gasteiger partial charge is 0.312 e. The van der Waals surface area contributed by atoms with E-state index in [0.717, 1.165) is 4.47 Å².